The first kappa shape index (κ1) is 18.9. The summed E-state index contributed by atoms with van der Waals surface area (Å²) in [7, 11) is 0. The van der Waals surface area contributed by atoms with Crippen molar-refractivity contribution < 1.29 is 14.3 Å². The molecular formula is C18H27ClN2O3. The summed E-state index contributed by atoms with van der Waals surface area (Å²) in [4.78, 5) is 12.3. The molecule has 5 nitrogen and oxygen atoms in total. The van der Waals surface area contributed by atoms with Gasteiger partial charge in [-0.2, -0.15) is 0 Å². The van der Waals surface area contributed by atoms with Crippen LogP contribution in [0.25, 0.3) is 0 Å². The van der Waals surface area contributed by atoms with Crippen molar-refractivity contribution in [1.29, 1.82) is 0 Å². The van der Waals surface area contributed by atoms with Crippen LogP contribution >= 0.6 is 12.4 Å². The average molecular weight is 355 g/mol. The molecule has 1 aromatic carbocycles. The summed E-state index contributed by atoms with van der Waals surface area (Å²) >= 11 is 0. The number of halogens is 1. The third kappa shape index (κ3) is 4.54. The van der Waals surface area contributed by atoms with Gasteiger partial charge in [-0.15, -0.1) is 12.4 Å². The van der Waals surface area contributed by atoms with Gasteiger partial charge in [-0.05, 0) is 36.9 Å². The zero-order valence-electron chi connectivity index (χ0n) is 14.0. The van der Waals surface area contributed by atoms with Crippen molar-refractivity contribution in [2.45, 2.75) is 44.6 Å². The predicted octanol–water partition coefficient (Wildman–Crippen LogP) is 2.66. The van der Waals surface area contributed by atoms with Crippen LogP contribution in [0.3, 0.4) is 0 Å². The van der Waals surface area contributed by atoms with Crippen molar-refractivity contribution in [2.75, 3.05) is 19.7 Å². The van der Waals surface area contributed by atoms with Crippen LogP contribution in [-0.4, -0.2) is 31.7 Å². The van der Waals surface area contributed by atoms with Crippen molar-refractivity contribution in [3.05, 3.63) is 24.3 Å². The topological polar surface area (TPSA) is 73.6 Å². The van der Waals surface area contributed by atoms with Crippen molar-refractivity contribution in [2.24, 2.45) is 11.1 Å². The summed E-state index contributed by atoms with van der Waals surface area (Å²) in [6.07, 6.45) is 6.13. The highest BCUT2D eigenvalue weighted by Gasteiger charge is 2.33. The standard InChI is InChI=1S/C18H26N2O3.ClH/c19-13-18(8-4-1-5-9-18)10-17(21)20-11-14-12-22-15-6-2-3-7-16(15)23-14;/h2-3,6-7,14H,1,4-5,8-13,19H2,(H,20,21);1H. The molecule has 134 valence electrons. The molecule has 1 fully saturated rings. The van der Waals surface area contributed by atoms with Crippen LogP contribution < -0.4 is 20.5 Å². The molecule has 0 aromatic heterocycles. The first-order valence-corrected chi connectivity index (χ1v) is 8.56. The van der Waals surface area contributed by atoms with E-state index in [4.69, 9.17) is 15.2 Å². The number of ether oxygens (including phenoxy) is 2. The largest absolute Gasteiger partial charge is 0.486 e. The summed E-state index contributed by atoms with van der Waals surface area (Å²) in [5.74, 6) is 1.57. The molecule has 1 aromatic rings. The quantitative estimate of drug-likeness (QED) is 0.852. The number of hydrogen-bond donors (Lipinski definition) is 2. The van der Waals surface area contributed by atoms with Gasteiger partial charge in [0.1, 0.15) is 12.7 Å². The minimum atomic E-state index is -0.144. The lowest BCUT2D eigenvalue weighted by atomic mass is 9.71. The van der Waals surface area contributed by atoms with Gasteiger partial charge in [0.05, 0.1) is 6.54 Å². The van der Waals surface area contributed by atoms with Crippen LogP contribution in [0.2, 0.25) is 0 Å². The molecule has 0 spiro atoms. The molecule has 2 aliphatic rings. The molecule has 1 aliphatic carbocycles. The first-order chi connectivity index (χ1) is 11.2. The number of carbonyl (C=O) groups is 1. The monoisotopic (exact) mass is 354 g/mol. The summed E-state index contributed by atoms with van der Waals surface area (Å²) in [6.45, 7) is 1.52. The number of carbonyl (C=O) groups excluding carboxylic acids is 1. The fraction of sp³-hybridized carbons (Fsp3) is 0.611. The number of nitrogens with two attached hydrogens (primary N) is 1. The second-order valence-corrected chi connectivity index (χ2v) is 6.74. The molecule has 0 radical (unpaired) electrons. The Morgan fingerprint density at radius 3 is 2.62 bits per heavy atom. The number of fused-ring (bicyclic) bond motifs is 1. The lowest BCUT2D eigenvalue weighted by Gasteiger charge is -2.35. The van der Waals surface area contributed by atoms with E-state index in [2.05, 4.69) is 5.32 Å². The van der Waals surface area contributed by atoms with Crippen LogP contribution in [0.4, 0.5) is 0 Å². The van der Waals surface area contributed by atoms with Crippen molar-refractivity contribution in [1.82, 2.24) is 5.32 Å². The Morgan fingerprint density at radius 1 is 1.21 bits per heavy atom. The van der Waals surface area contributed by atoms with E-state index in [0.717, 1.165) is 24.3 Å². The first-order valence-electron chi connectivity index (χ1n) is 8.56. The number of hydrogen-bond acceptors (Lipinski definition) is 4. The fourth-order valence-electron chi connectivity index (χ4n) is 3.55. The molecule has 24 heavy (non-hydrogen) atoms. The van der Waals surface area contributed by atoms with Crippen molar-refractivity contribution >= 4 is 18.3 Å². The molecule has 6 heteroatoms. The summed E-state index contributed by atoms with van der Waals surface area (Å²) < 4.78 is 11.5. The fourth-order valence-corrected chi connectivity index (χ4v) is 3.55. The number of amides is 1. The minimum absolute atomic E-state index is 0. The second kappa shape index (κ2) is 8.58. The van der Waals surface area contributed by atoms with Crippen LogP contribution in [-0.2, 0) is 4.79 Å². The Balaban J connectivity index is 0.00000208. The molecule has 1 amide bonds. The lowest BCUT2D eigenvalue weighted by molar-refractivity contribution is -0.124. The maximum atomic E-state index is 12.3. The Hall–Kier alpha value is -1.46. The summed E-state index contributed by atoms with van der Waals surface area (Å²) in [6, 6.07) is 7.60. The Labute approximate surface area is 149 Å². The maximum Gasteiger partial charge on any atom is 0.220 e. The van der Waals surface area contributed by atoms with Crippen LogP contribution in [0.5, 0.6) is 11.5 Å². The molecule has 1 saturated carbocycles. The van der Waals surface area contributed by atoms with Gasteiger partial charge < -0.3 is 20.5 Å². The Bertz CT molecular complexity index is 547. The molecule has 1 unspecified atom stereocenters. The number of benzene rings is 1. The predicted molar refractivity (Wildman–Crippen MR) is 95.8 cm³/mol. The van der Waals surface area contributed by atoms with Gasteiger partial charge in [-0.25, -0.2) is 0 Å². The zero-order valence-corrected chi connectivity index (χ0v) is 14.8. The number of para-hydroxylation sites is 2. The molecule has 3 N–H and O–H groups in total. The van der Waals surface area contributed by atoms with Crippen molar-refractivity contribution in [3.8, 4) is 11.5 Å². The van der Waals surface area contributed by atoms with E-state index < -0.39 is 0 Å². The van der Waals surface area contributed by atoms with Gasteiger partial charge in [0, 0.05) is 6.42 Å². The highest BCUT2D eigenvalue weighted by Crippen LogP contribution is 2.38. The molecule has 1 heterocycles. The SMILES string of the molecule is Cl.NCC1(CC(=O)NCC2COc3ccccc3O2)CCCCC1. The average Bonchev–Trinajstić information content (AvgIpc) is 2.60. The van der Waals surface area contributed by atoms with Gasteiger partial charge in [0.25, 0.3) is 0 Å². The Morgan fingerprint density at radius 2 is 1.92 bits per heavy atom. The maximum absolute atomic E-state index is 12.3. The lowest BCUT2D eigenvalue weighted by Crippen LogP contribution is -2.43. The molecular weight excluding hydrogens is 328 g/mol. The molecule has 0 saturated heterocycles. The van der Waals surface area contributed by atoms with E-state index in [1.54, 1.807) is 0 Å². The van der Waals surface area contributed by atoms with E-state index in [-0.39, 0.29) is 29.8 Å². The van der Waals surface area contributed by atoms with E-state index in [1.165, 1.54) is 19.3 Å². The van der Waals surface area contributed by atoms with Gasteiger partial charge >= 0.3 is 0 Å². The molecule has 0 bridgehead atoms. The minimum Gasteiger partial charge on any atom is -0.486 e. The van der Waals surface area contributed by atoms with Crippen molar-refractivity contribution in [3.63, 3.8) is 0 Å². The molecule has 1 aliphatic heterocycles. The zero-order chi connectivity index (χ0) is 16.1. The van der Waals surface area contributed by atoms with E-state index >= 15 is 0 Å². The smallest absolute Gasteiger partial charge is 0.220 e. The van der Waals surface area contributed by atoms with Gasteiger partial charge in [0.15, 0.2) is 11.5 Å². The molecule has 1 atom stereocenters. The molecule has 3 rings (SSSR count). The second-order valence-electron chi connectivity index (χ2n) is 6.74. The summed E-state index contributed by atoms with van der Waals surface area (Å²) in [5.41, 5.74) is 5.95. The van der Waals surface area contributed by atoms with Gasteiger partial charge in [-0.3, -0.25) is 4.79 Å². The highest BCUT2D eigenvalue weighted by atomic mass is 35.5. The van der Waals surface area contributed by atoms with Crippen LogP contribution in [0.15, 0.2) is 24.3 Å². The highest BCUT2D eigenvalue weighted by molar-refractivity contribution is 5.85. The third-order valence-corrected chi connectivity index (χ3v) is 4.98. The van der Waals surface area contributed by atoms with E-state index in [0.29, 0.717) is 26.1 Å². The normalized spacial score (nSPS) is 21.5. The van der Waals surface area contributed by atoms with Gasteiger partial charge in [-0.1, -0.05) is 31.4 Å². The summed E-state index contributed by atoms with van der Waals surface area (Å²) in [5, 5.41) is 2.99. The van der Waals surface area contributed by atoms with Crippen LogP contribution in [0, 0.1) is 5.41 Å². The van der Waals surface area contributed by atoms with E-state index in [9.17, 15) is 4.79 Å². The van der Waals surface area contributed by atoms with E-state index in [1.807, 2.05) is 24.3 Å². The van der Waals surface area contributed by atoms with Gasteiger partial charge in [0.2, 0.25) is 5.91 Å². The number of nitrogens with one attached hydrogen (secondary N) is 1. The Kier molecular flexibility index (Phi) is 6.75. The number of rotatable bonds is 5. The van der Waals surface area contributed by atoms with Crippen LogP contribution in [0.1, 0.15) is 38.5 Å². The third-order valence-electron chi connectivity index (χ3n) is 4.98.